The van der Waals surface area contributed by atoms with Gasteiger partial charge in [-0.05, 0) is 0 Å². The number of hydrogen-bond donors (Lipinski definition) is 3. The van der Waals surface area contributed by atoms with Crippen LogP contribution in [-0.4, -0.2) is 46.9 Å². The molecular weight excluding hydrogens is 95.8 g/mol. The van der Waals surface area contributed by atoms with E-state index in [1.54, 1.807) is 0 Å². The van der Waals surface area contributed by atoms with E-state index in [2.05, 4.69) is 10.7 Å². The fraction of sp³-hybridized carbons (Fsp3) is 0. The second kappa shape index (κ2) is 5.90. The average molecular weight is 101 g/mol. The third kappa shape index (κ3) is 8.86. The summed E-state index contributed by atoms with van der Waals surface area (Å²) >= 11 is 0. The molecule has 0 aliphatic rings. The first kappa shape index (κ1) is 10.0. The van der Waals surface area contributed by atoms with Crippen molar-refractivity contribution in [2.75, 3.05) is 0 Å². The molecule has 0 aromatic heterocycles. The number of hydrogen-bond acceptors (Lipinski definition) is 4. The molecule has 4 nitrogen and oxygen atoms in total. The van der Waals surface area contributed by atoms with Crippen molar-refractivity contribution in [1.82, 2.24) is 0 Å². The van der Waals surface area contributed by atoms with Gasteiger partial charge in [-0.1, -0.05) is 0 Å². The van der Waals surface area contributed by atoms with E-state index in [0.29, 0.717) is 0 Å². The second-order valence-electron chi connectivity index (χ2n) is 0.462. The summed E-state index contributed by atoms with van der Waals surface area (Å²) in [5, 5.41) is 15.1. The van der Waals surface area contributed by atoms with Crippen molar-refractivity contribution in [3.05, 3.63) is 0 Å². The van der Waals surface area contributed by atoms with Gasteiger partial charge in [0, 0.05) is 0 Å². The van der Waals surface area contributed by atoms with Crippen LogP contribution in [0.25, 0.3) is 0 Å². The van der Waals surface area contributed by atoms with Crippen molar-refractivity contribution in [1.29, 1.82) is 0 Å². The van der Waals surface area contributed by atoms with E-state index >= 15 is 0 Å². The van der Waals surface area contributed by atoms with Gasteiger partial charge < -0.3 is 14.8 Å². The first-order valence-electron chi connectivity index (χ1n) is 0.988. The van der Waals surface area contributed by atoms with E-state index in [4.69, 9.17) is 10.0 Å². The number of rotatable bonds is 1. The molecule has 0 spiro atoms. The molecule has 0 heterocycles. The summed E-state index contributed by atoms with van der Waals surface area (Å²) in [6, 6.07) is 0. The van der Waals surface area contributed by atoms with Crippen molar-refractivity contribution in [3.8, 4) is 0 Å². The molecule has 0 radical (unpaired) electrons. The normalized spacial score (nSPS) is 6.50. The summed E-state index contributed by atoms with van der Waals surface area (Å²) in [5.41, 5.74) is 0. The third-order valence-corrected chi connectivity index (χ3v) is 0.122. The van der Waals surface area contributed by atoms with Gasteiger partial charge >= 0.3 is 36.9 Å². The van der Waals surface area contributed by atoms with Crippen LogP contribution >= 0.6 is 0 Å². The van der Waals surface area contributed by atoms with Gasteiger partial charge in [-0.2, -0.15) is 0 Å². The summed E-state index contributed by atoms with van der Waals surface area (Å²) in [5.74, 6) is 4.17. The van der Waals surface area contributed by atoms with Crippen LogP contribution in [0, 0.1) is 0 Å². The zero-order valence-corrected chi connectivity index (χ0v) is 2.46. The quantitative estimate of drug-likeness (QED) is 0.246. The molecule has 0 saturated carbocycles. The SMILES string of the molecule is NOB(O)O.[NaH]. The summed E-state index contributed by atoms with van der Waals surface area (Å²) in [7, 11) is -1.84. The van der Waals surface area contributed by atoms with Crippen LogP contribution in [0.2, 0.25) is 0 Å². The summed E-state index contributed by atoms with van der Waals surface area (Å²) in [6.45, 7) is 0. The van der Waals surface area contributed by atoms with Crippen molar-refractivity contribution >= 4 is 36.9 Å². The number of nitrogens with two attached hydrogens (primary N) is 1. The standard InChI is InChI=1S/BH4NO3.Na.H/c2-5-1(3)4;;/h3-4H,2H2;;. The Morgan fingerprint density at radius 3 is 1.67 bits per heavy atom. The van der Waals surface area contributed by atoms with Gasteiger partial charge in [0.15, 0.2) is 0 Å². The van der Waals surface area contributed by atoms with Gasteiger partial charge in [-0.25, -0.2) is 5.90 Å². The Balaban J connectivity index is 0. The molecule has 0 rings (SSSR count). The molecule has 0 aliphatic heterocycles. The van der Waals surface area contributed by atoms with Gasteiger partial charge in [0.05, 0.1) is 0 Å². The molecular formula is H5BNNaO3. The molecule has 0 amide bonds. The Labute approximate surface area is 57.7 Å². The van der Waals surface area contributed by atoms with Crippen molar-refractivity contribution in [2.24, 2.45) is 5.90 Å². The van der Waals surface area contributed by atoms with Crippen LogP contribution in [0.3, 0.4) is 0 Å². The zero-order valence-electron chi connectivity index (χ0n) is 2.46. The monoisotopic (exact) mass is 101 g/mol. The Morgan fingerprint density at radius 1 is 1.50 bits per heavy atom. The van der Waals surface area contributed by atoms with Crippen LogP contribution < -0.4 is 5.90 Å². The summed E-state index contributed by atoms with van der Waals surface area (Å²) < 4.78 is 3.36. The van der Waals surface area contributed by atoms with E-state index in [0.717, 1.165) is 0 Å². The molecule has 0 aromatic rings. The molecule has 32 valence electrons. The minimum atomic E-state index is -1.84. The van der Waals surface area contributed by atoms with Crippen LogP contribution in [0.5, 0.6) is 0 Å². The van der Waals surface area contributed by atoms with Gasteiger partial charge in [0.25, 0.3) is 0 Å². The summed E-state index contributed by atoms with van der Waals surface area (Å²) in [6.07, 6.45) is 0. The van der Waals surface area contributed by atoms with Gasteiger partial charge in [-0.3, -0.25) is 0 Å². The molecule has 0 saturated heterocycles. The van der Waals surface area contributed by atoms with E-state index in [-0.39, 0.29) is 29.6 Å². The predicted molar refractivity (Wildman–Crippen MR) is 22.6 cm³/mol. The maximum atomic E-state index is 7.57. The van der Waals surface area contributed by atoms with Crippen molar-refractivity contribution in [3.63, 3.8) is 0 Å². The molecule has 0 fully saturated rings. The van der Waals surface area contributed by atoms with Crippen molar-refractivity contribution < 1.29 is 14.8 Å². The minimum absolute atomic E-state index is 0. The van der Waals surface area contributed by atoms with Crippen LogP contribution in [0.15, 0.2) is 0 Å². The van der Waals surface area contributed by atoms with Crippen LogP contribution in [-0.2, 0) is 4.76 Å². The third-order valence-electron chi connectivity index (χ3n) is 0.122. The molecule has 6 heteroatoms. The molecule has 0 aromatic carbocycles. The van der Waals surface area contributed by atoms with Gasteiger partial charge in [0.2, 0.25) is 0 Å². The second-order valence-corrected chi connectivity index (χ2v) is 0.462. The first-order valence-corrected chi connectivity index (χ1v) is 0.988. The fourth-order valence-electron chi connectivity index (χ4n) is 0. The van der Waals surface area contributed by atoms with Gasteiger partial charge in [0.1, 0.15) is 0 Å². The molecule has 0 aliphatic carbocycles. The van der Waals surface area contributed by atoms with Crippen LogP contribution in [0.1, 0.15) is 0 Å². The molecule has 6 heavy (non-hydrogen) atoms. The Morgan fingerprint density at radius 2 is 1.67 bits per heavy atom. The summed E-state index contributed by atoms with van der Waals surface area (Å²) in [4.78, 5) is 0. The van der Waals surface area contributed by atoms with Crippen LogP contribution in [0.4, 0.5) is 0 Å². The van der Waals surface area contributed by atoms with E-state index in [9.17, 15) is 0 Å². The van der Waals surface area contributed by atoms with E-state index in [1.165, 1.54) is 0 Å². The van der Waals surface area contributed by atoms with Gasteiger partial charge in [-0.15, -0.1) is 0 Å². The maximum absolute atomic E-state index is 7.57. The topological polar surface area (TPSA) is 75.7 Å². The first-order chi connectivity index (χ1) is 2.27. The Kier molecular flexibility index (Phi) is 9.85. The molecule has 0 atom stereocenters. The van der Waals surface area contributed by atoms with Crippen molar-refractivity contribution in [2.45, 2.75) is 0 Å². The molecule has 4 N–H and O–H groups in total. The van der Waals surface area contributed by atoms with E-state index < -0.39 is 7.32 Å². The van der Waals surface area contributed by atoms with E-state index in [1.807, 2.05) is 0 Å². The zero-order chi connectivity index (χ0) is 4.28. The Bertz CT molecular complexity index is 24.8. The fourth-order valence-corrected chi connectivity index (χ4v) is 0. The predicted octanol–water partition coefficient (Wildman–Crippen LogP) is -2.80. The molecule has 0 unspecified atom stereocenters. The average Bonchev–Trinajstić information content (AvgIpc) is 1.38. The molecule has 0 bridgehead atoms. The Hall–Kier alpha value is 0.905.